The van der Waals surface area contributed by atoms with E-state index in [0.29, 0.717) is 24.9 Å². The number of anilines is 1. The maximum absolute atomic E-state index is 5.48. The van der Waals surface area contributed by atoms with Crippen molar-refractivity contribution in [3.8, 4) is 0 Å². The first kappa shape index (κ1) is 16.8. The molecule has 0 aromatic carbocycles. The smallest absolute Gasteiger partial charge is 0.240 e. The summed E-state index contributed by atoms with van der Waals surface area (Å²) < 4.78 is 10.8. The second-order valence-corrected chi connectivity index (χ2v) is 5.91. The highest BCUT2D eigenvalue weighted by atomic mass is 16.5. The van der Waals surface area contributed by atoms with Gasteiger partial charge in [-0.05, 0) is 26.8 Å². The van der Waals surface area contributed by atoms with Crippen LogP contribution in [-0.2, 0) is 11.3 Å². The minimum atomic E-state index is -0.136. The minimum absolute atomic E-state index is 0.136. The lowest BCUT2D eigenvalue weighted by Crippen LogP contribution is -2.46. The molecule has 0 amide bonds. The lowest BCUT2D eigenvalue weighted by atomic mass is 10.3. The zero-order valence-electron chi connectivity index (χ0n) is 14.5. The summed E-state index contributed by atoms with van der Waals surface area (Å²) in [7, 11) is 0. The van der Waals surface area contributed by atoms with Gasteiger partial charge in [0.1, 0.15) is 6.10 Å². The summed E-state index contributed by atoms with van der Waals surface area (Å²) in [6.45, 7) is 10.8. The van der Waals surface area contributed by atoms with Gasteiger partial charge in [-0.2, -0.15) is 4.98 Å². The number of hydrogen-bond donors (Lipinski definition) is 0. The summed E-state index contributed by atoms with van der Waals surface area (Å²) in [5.41, 5.74) is 0.990. The predicted molar refractivity (Wildman–Crippen MR) is 88.6 cm³/mol. The van der Waals surface area contributed by atoms with Crippen LogP contribution < -0.4 is 4.90 Å². The number of nitrogens with zero attached hydrogens (tertiary/aromatic N) is 6. The van der Waals surface area contributed by atoms with Gasteiger partial charge in [0.25, 0.3) is 0 Å². The van der Waals surface area contributed by atoms with Gasteiger partial charge in [0.05, 0.1) is 6.54 Å². The van der Waals surface area contributed by atoms with Gasteiger partial charge < -0.3 is 14.2 Å². The molecule has 1 aliphatic rings. The van der Waals surface area contributed by atoms with Crippen LogP contribution in [0, 0.1) is 6.92 Å². The molecule has 0 aliphatic carbocycles. The molecule has 24 heavy (non-hydrogen) atoms. The largest absolute Gasteiger partial charge is 0.371 e. The van der Waals surface area contributed by atoms with E-state index >= 15 is 0 Å². The number of aryl methyl sites for hydroxylation is 1. The van der Waals surface area contributed by atoms with E-state index in [2.05, 4.69) is 29.9 Å². The third kappa shape index (κ3) is 4.07. The number of rotatable bonds is 6. The Balaban J connectivity index is 1.52. The quantitative estimate of drug-likeness (QED) is 0.789. The van der Waals surface area contributed by atoms with E-state index in [-0.39, 0.29) is 6.10 Å². The van der Waals surface area contributed by atoms with Crippen LogP contribution in [0.2, 0.25) is 0 Å². The molecule has 3 heterocycles. The Kier molecular flexibility index (Phi) is 5.37. The second-order valence-electron chi connectivity index (χ2n) is 5.91. The number of ether oxygens (including phenoxy) is 1. The van der Waals surface area contributed by atoms with E-state index in [1.54, 1.807) is 0 Å². The van der Waals surface area contributed by atoms with E-state index in [0.717, 1.165) is 37.8 Å². The van der Waals surface area contributed by atoms with Gasteiger partial charge in [-0.25, -0.2) is 9.97 Å². The Morgan fingerprint density at radius 2 is 2.04 bits per heavy atom. The van der Waals surface area contributed by atoms with Crippen LogP contribution in [-0.4, -0.2) is 57.8 Å². The second kappa shape index (κ2) is 7.67. The third-order valence-electron chi connectivity index (χ3n) is 4.06. The third-order valence-corrected chi connectivity index (χ3v) is 4.06. The SMILES string of the molecule is CCOC(C)c1noc(CN2CCN(c3nccc(C)n3)CC2)n1. The van der Waals surface area contributed by atoms with Crippen molar-refractivity contribution in [3.63, 3.8) is 0 Å². The van der Waals surface area contributed by atoms with Crippen molar-refractivity contribution in [1.29, 1.82) is 0 Å². The van der Waals surface area contributed by atoms with Crippen LogP contribution in [0.25, 0.3) is 0 Å². The van der Waals surface area contributed by atoms with E-state index in [4.69, 9.17) is 9.26 Å². The number of aromatic nitrogens is 4. The zero-order chi connectivity index (χ0) is 16.9. The molecule has 0 N–H and O–H groups in total. The molecule has 0 spiro atoms. The van der Waals surface area contributed by atoms with Gasteiger partial charge in [-0.1, -0.05) is 5.16 Å². The van der Waals surface area contributed by atoms with Crippen molar-refractivity contribution in [3.05, 3.63) is 29.7 Å². The fraction of sp³-hybridized carbons (Fsp3) is 0.625. The van der Waals surface area contributed by atoms with Crippen molar-refractivity contribution >= 4 is 5.95 Å². The highest BCUT2D eigenvalue weighted by Crippen LogP contribution is 2.15. The lowest BCUT2D eigenvalue weighted by Gasteiger charge is -2.33. The van der Waals surface area contributed by atoms with Gasteiger partial charge in [-0.15, -0.1) is 0 Å². The molecule has 8 heteroatoms. The predicted octanol–water partition coefficient (Wildman–Crippen LogP) is 1.59. The normalized spacial score (nSPS) is 17.2. The van der Waals surface area contributed by atoms with Crippen LogP contribution in [0.3, 0.4) is 0 Å². The Labute approximate surface area is 141 Å². The lowest BCUT2D eigenvalue weighted by molar-refractivity contribution is 0.0683. The van der Waals surface area contributed by atoms with E-state index in [9.17, 15) is 0 Å². The van der Waals surface area contributed by atoms with Gasteiger partial charge in [0.15, 0.2) is 5.82 Å². The average molecular weight is 332 g/mol. The van der Waals surface area contributed by atoms with Gasteiger partial charge in [0.2, 0.25) is 11.8 Å². The topological polar surface area (TPSA) is 80.4 Å². The van der Waals surface area contributed by atoms with E-state index < -0.39 is 0 Å². The van der Waals surface area contributed by atoms with Gasteiger partial charge >= 0.3 is 0 Å². The Morgan fingerprint density at radius 1 is 1.25 bits per heavy atom. The first-order chi connectivity index (χ1) is 11.7. The summed E-state index contributed by atoms with van der Waals surface area (Å²) in [5.74, 6) is 2.05. The maximum atomic E-state index is 5.48. The monoisotopic (exact) mass is 332 g/mol. The molecule has 2 aromatic rings. The molecule has 1 unspecified atom stereocenters. The van der Waals surface area contributed by atoms with E-state index in [1.165, 1.54) is 0 Å². The summed E-state index contributed by atoms with van der Waals surface area (Å²) in [5, 5.41) is 4.00. The minimum Gasteiger partial charge on any atom is -0.371 e. The van der Waals surface area contributed by atoms with E-state index in [1.807, 2.05) is 33.0 Å². The van der Waals surface area contributed by atoms with Crippen LogP contribution in [0.5, 0.6) is 0 Å². The molecule has 8 nitrogen and oxygen atoms in total. The molecule has 1 saturated heterocycles. The molecule has 0 saturated carbocycles. The Morgan fingerprint density at radius 3 is 2.75 bits per heavy atom. The summed E-state index contributed by atoms with van der Waals surface area (Å²) in [6, 6.07) is 1.91. The fourth-order valence-corrected chi connectivity index (χ4v) is 2.71. The molecular weight excluding hydrogens is 308 g/mol. The molecule has 0 bridgehead atoms. The van der Waals surface area contributed by atoms with Crippen LogP contribution in [0.15, 0.2) is 16.8 Å². The van der Waals surface area contributed by atoms with Crippen LogP contribution in [0.4, 0.5) is 5.95 Å². The average Bonchev–Trinajstić information content (AvgIpc) is 3.04. The van der Waals surface area contributed by atoms with Crippen molar-refractivity contribution < 1.29 is 9.26 Å². The fourth-order valence-electron chi connectivity index (χ4n) is 2.71. The summed E-state index contributed by atoms with van der Waals surface area (Å²) in [4.78, 5) is 17.8. The Hall–Kier alpha value is -2.06. The van der Waals surface area contributed by atoms with Gasteiger partial charge in [-0.3, -0.25) is 4.90 Å². The number of hydrogen-bond acceptors (Lipinski definition) is 8. The van der Waals surface area contributed by atoms with Crippen molar-refractivity contribution in [2.75, 3.05) is 37.7 Å². The molecule has 1 aliphatic heterocycles. The molecule has 2 aromatic heterocycles. The molecule has 0 radical (unpaired) electrons. The number of piperazine rings is 1. The molecule has 1 atom stereocenters. The van der Waals surface area contributed by atoms with Crippen LogP contribution in [0.1, 0.15) is 37.4 Å². The van der Waals surface area contributed by atoms with Gasteiger partial charge in [0, 0.05) is 44.7 Å². The first-order valence-corrected chi connectivity index (χ1v) is 8.36. The molecule has 1 fully saturated rings. The maximum Gasteiger partial charge on any atom is 0.240 e. The molecular formula is C16H24N6O2. The summed E-state index contributed by atoms with van der Waals surface area (Å²) in [6.07, 6.45) is 1.67. The van der Waals surface area contributed by atoms with Crippen molar-refractivity contribution in [2.24, 2.45) is 0 Å². The van der Waals surface area contributed by atoms with Crippen molar-refractivity contribution in [1.82, 2.24) is 25.0 Å². The van der Waals surface area contributed by atoms with Crippen LogP contribution >= 0.6 is 0 Å². The molecule has 130 valence electrons. The Bertz CT molecular complexity index is 654. The first-order valence-electron chi connectivity index (χ1n) is 8.36. The zero-order valence-corrected chi connectivity index (χ0v) is 14.5. The molecule has 3 rings (SSSR count). The van der Waals surface area contributed by atoms with Crippen molar-refractivity contribution in [2.45, 2.75) is 33.4 Å². The highest BCUT2D eigenvalue weighted by molar-refractivity contribution is 5.30. The highest BCUT2D eigenvalue weighted by Gasteiger charge is 2.21. The standard InChI is InChI=1S/C16H24N6O2/c1-4-23-13(3)15-19-14(24-20-15)11-21-7-9-22(10-8-21)16-17-6-5-12(2)18-16/h5-6,13H,4,7-11H2,1-3H3. The summed E-state index contributed by atoms with van der Waals surface area (Å²) >= 11 is 0.